The van der Waals surface area contributed by atoms with Gasteiger partial charge >= 0.3 is 0 Å². The Hall–Kier alpha value is -0.870. The van der Waals surface area contributed by atoms with Crippen molar-refractivity contribution in [3.05, 3.63) is 22.4 Å². The Bertz CT molecular complexity index is 359. The molecule has 4 heteroatoms. The number of carbonyl (C=O) groups is 1. The topological polar surface area (TPSA) is 46.3 Å². The van der Waals surface area contributed by atoms with Gasteiger partial charge in [-0.2, -0.15) is 0 Å². The Morgan fingerprint density at radius 3 is 2.87 bits per heavy atom. The van der Waals surface area contributed by atoms with E-state index in [2.05, 4.69) is 25.3 Å². The Morgan fingerprint density at radius 1 is 1.67 bits per heavy atom. The molecule has 1 aromatic rings. The van der Waals surface area contributed by atoms with Crippen LogP contribution in [0.3, 0.4) is 0 Å². The van der Waals surface area contributed by atoms with E-state index in [0.29, 0.717) is 6.54 Å². The number of nitrogens with zero attached hydrogens (tertiary/aromatic N) is 1. The zero-order chi connectivity index (χ0) is 11.1. The van der Waals surface area contributed by atoms with Gasteiger partial charge in [0.1, 0.15) is 6.04 Å². The van der Waals surface area contributed by atoms with E-state index in [4.69, 9.17) is 5.73 Å². The van der Waals surface area contributed by atoms with E-state index in [9.17, 15) is 4.79 Å². The minimum atomic E-state index is -0.260. The van der Waals surface area contributed by atoms with Crippen molar-refractivity contribution in [3.63, 3.8) is 0 Å². The van der Waals surface area contributed by atoms with Crippen LogP contribution in [0.2, 0.25) is 0 Å². The van der Waals surface area contributed by atoms with Crippen LogP contribution >= 0.6 is 11.3 Å². The van der Waals surface area contributed by atoms with E-state index < -0.39 is 0 Å². The van der Waals surface area contributed by atoms with Crippen LogP contribution in [0.5, 0.6) is 0 Å². The molecule has 1 unspecified atom stereocenters. The Morgan fingerprint density at radius 2 is 2.40 bits per heavy atom. The van der Waals surface area contributed by atoms with E-state index in [1.165, 1.54) is 4.88 Å². The van der Waals surface area contributed by atoms with Crippen LogP contribution in [0.1, 0.15) is 18.7 Å². The summed E-state index contributed by atoms with van der Waals surface area (Å²) in [6.45, 7) is 5.79. The molecular formula is C11H16N2OS. The van der Waals surface area contributed by atoms with Crippen molar-refractivity contribution in [1.82, 2.24) is 4.90 Å². The molecule has 0 saturated carbocycles. The average molecular weight is 224 g/mol. The highest BCUT2D eigenvalue weighted by Gasteiger charge is 2.37. The van der Waals surface area contributed by atoms with Gasteiger partial charge in [-0.1, -0.05) is 19.9 Å². The Kier molecular flexibility index (Phi) is 2.56. The van der Waals surface area contributed by atoms with Crippen LogP contribution < -0.4 is 5.73 Å². The second kappa shape index (κ2) is 3.61. The van der Waals surface area contributed by atoms with Crippen molar-refractivity contribution in [2.45, 2.75) is 25.3 Å². The Balaban J connectivity index is 2.03. The van der Waals surface area contributed by atoms with Gasteiger partial charge in [0.05, 0.1) is 0 Å². The molecule has 1 atom stereocenters. The zero-order valence-electron chi connectivity index (χ0n) is 9.06. The normalized spacial score (nSPS) is 21.7. The summed E-state index contributed by atoms with van der Waals surface area (Å²) in [4.78, 5) is 14.6. The SMILES string of the molecule is CC(C)(CN1CC(N)C1=O)c1cccs1. The molecule has 1 aromatic heterocycles. The molecule has 1 aliphatic heterocycles. The van der Waals surface area contributed by atoms with Gasteiger partial charge in [0.2, 0.25) is 5.91 Å². The van der Waals surface area contributed by atoms with Crippen molar-refractivity contribution in [2.24, 2.45) is 5.73 Å². The predicted molar refractivity (Wildman–Crippen MR) is 61.9 cm³/mol. The highest BCUT2D eigenvalue weighted by Crippen LogP contribution is 2.29. The number of thiophene rings is 1. The van der Waals surface area contributed by atoms with Crippen molar-refractivity contribution >= 4 is 17.2 Å². The van der Waals surface area contributed by atoms with E-state index >= 15 is 0 Å². The number of rotatable bonds is 3. The molecule has 0 radical (unpaired) electrons. The molecule has 2 N–H and O–H groups in total. The predicted octanol–water partition coefficient (Wildman–Crippen LogP) is 1.20. The number of hydrogen-bond acceptors (Lipinski definition) is 3. The van der Waals surface area contributed by atoms with Crippen molar-refractivity contribution in [3.8, 4) is 0 Å². The van der Waals surface area contributed by atoms with Gasteiger partial charge in [-0.05, 0) is 11.4 Å². The second-order valence-electron chi connectivity index (χ2n) is 4.69. The molecule has 0 spiro atoms. The van der Waals surface area contributed by atoms with E-state index in [1.54, 1.807) is 11.3 Å². The average Bonchev–Trinajstić information content (AvgIpc) is 2.70. The molecule has 0 aliphatic carbocycles. The number of β-lactam (4-membered cyclic amide) rings is 1. The lowest BCUT2D eigenvalue weighted by Crippen LogP contribution is -2.63. The summed E-state index contributed by atoms with van der Waals surface area (Å²) in [6, 6.07) is 3.91. The molecule has 3 nitrogen and oxygen atoms in total. The summed E-state index contributed by atoms with van der Waals surface area (Å²) < 4.78 is 0. The molecule has 0 bridgehead atoms. The van der Waals surface area contributed by atoms with Gasteiger partial charge in [0.15, 0.2) is 0 Å². The molecule has 2 heterocycles. The lowest BCUT2D eigenvalue weighted by Gasteiger charge is -2.41. The third-order valence-corrected chi connectivity index (χ3v) is 4.06. The summed E-state index contributed by atoms with van der Waals surface area (Å²) in [5.41, 5.74) is 5.59. The maximum atomic E-state index is 11.4. The molecular weight excluding hydrogens is 208 g/mol. The molecule has 2 rings (SSSR count). The number of hydrogen-bond donors (Lipinski definition) is 1. The number of likely N-dealkylation sites (tertiary alicyclic amines) is 1. The maximum absolute atomic E-state index is 11.4. The van der Waals surface area contributed by atoms with Crippen LogP contribution in [0.15, 0.2) is 17.5 Å². The maximum Gasteiger partial charge on any atom is 0.241 e. The van der Waals surface area contributed by atoms with Crippen LogP contribution in [-0.4, -0.2) is 29.9 Å². The van der Waals surface area contributed by atoms with Crippen molar-refractivity contribution < 1.29 is 4.79 Å². The van der Waals surface area contributed by atoms with Gasteiger partial charge in [0, 0.05) is 23.4 Å². The lowest BCUT2D eigenvalue weighted by molar-refractivity contribution is -0.143. The van der Waals surface area contributed by atoms with Crippen LogP contribution in [0.4, 0.5) is 0 Å². The van der Waals surface area contributed by atoms with Crippen molar-refractivity contribution in [1.29, 1.82) is 0 Å². The highest BCUT2D eigenvalue weighted by atomic mass is 32.1. The summed E-state index contributed by atoms with van der Waals surface area (Å²) in [5, 5.41) is 2.07. The monoisotopic (exact) mass is 224 g/mol. The number of carbonyl (C=O) groups excluding carboxylic acids is 1. The number of amides is 1. The fourth-order valence-electron chi connectivity index (χ4n) is 1.89. The molecule has 82 valence electrons. The van der Waals surface area contributed by atoms with Crippen LogP contribution in [0.25, 0.3) is 0 Å². The fourth-order valence-corrected chi connectivity index (χ4v) is 2.73. The highest BCUT2D eigenvalue weighted by molar-refractivity contribution is 7.10. The number of nitrogens with two attached hydrogens (primary N) is 1. The molecule has 1 saturated heterocycles. The summed E-state index contributed by atoms with van der Waals surface area (Å²) >= 11 is 1.74. The van der Waals surface area contributed by atoms with Gasteiger partial charge in [0.25, 0.3) is 0 Å². The summed E-state index contributed by atoms with van der Waals surface area (Å²) in [5.74, 6) is 0.0830. The first-order valence-corrected chi connectivity index (χ1v) is 5.97. The summed E-state index contributed by atoms with van der Waals surface area (Å²) in [7, 11) is 0. The molecule has 1 aliphatic rings. The fraction of sp³-hybridized carbons (Fsp3) is 0.545. The van der Waals surface area contributed by atoms with E-state index in [0.717, 1.165) is 6.54 Å². The minimum Gasteiger partial charge on any atom is -0.338 e. The van der Waals surface area contributed by atoms with Crippen LogP contribution in [-0.2, 0) is 10.2 Å². The standard InChI is InChI=1S/C11H16N2OS/c1-11(2,9-4-3-5-15-9)7-13-6-8(12)10(13)14/h3-5,8H,6-7,12H2,1-2H3. The van der Waals surface area contributed by atoms with Gasteiger partial charge in [-0.25, -0.2) is 0 Å². The zero-order valence-corrected chi connectivity index (χ0v) is 9.88. The molecule has 0 aromatic carbocycles. The largest absolute Gasteiger partial charge is 0.338 e. The first-order chi connectivity index (χ1) is 7.00. The second-order valence-corrected chi connectivity index (χ2v) is 5.63. The minimum absolute atomic E-state index is 0.0317. The molecule has 15 heavy (non-hydrogen) atoms. The Labute approximate surface area is 93.9 Å². The quantitative estimate of drug-likeness (QED) is 0.784. The van der Waals surface area contributed by atoms with Gasteiger partial charge in [-0.3, -0.25) is 4.79 Å². The van der Waals surface area contributed by atoms with E-state index in [-0.39, 0.29) is 17.4 Å². The van der Waals surface area contributed by atoms with Gasteiger partial charge < -0.3 is 10.6 Å². The lowest BCUT2D eigenvalue weighted by atomic mass is 9.89. The first kappa shape index (κ1) is 10.6. The van der Waals surface area contributed by atoms with Crippen molar-refractivity contribution in [2.75, 3.05) is 13.1 Å². The van der Waals surface area contributed by atoms with Crippen LogP contribution in [0, 0.1) is 0 Å². The first-order valence-electron chi connectivity index (χ1n) is 5.09. The smallest absolute Gasteiger partial charge is 0.241 e. The third kappa shape index (κ3) is 1.92. The molecule has 1 amide bonds. The third-order valence-electron chi connectivity index (χ3n) is 2.82. The summed E-state index contributed by atoms with van der Waals surface area (Å²) in [6.07, 6.45) is 0. The van der Waals surface area contributed by atoms with Gasteiger partial charge in [-0.15, -0.1) is 11.3 Å². The van der Waals surface area contributed by atoms with E-state index in [1.807, 2.05) is 11.0 Å². The molecule has 1 fully saturated rings.